The maximum atomic E-state index is 11.0. The average Bonchev–Trinajstić information content (AvgIpc) is 2.41. The normalized spacial score (nSPS) is 9.95. The highest BCUT2D eigenvalue weighted by atomic mass is 79.9. The molecule has 0 atom stereocenters. The van der Waals surface area contributed by atoms with Crippen LogP contribution in [0.5, 0.6) is 11.5 Å². The molecule has 0 amide bonds. The van der Waals surface area contributed by atoms with Gasteiger partial charge in [-0.25, -0.2) is 0 Å². The summed E-state index contributed by atoms with van der Waals surface area (Å²) in [5.74, 6) is 0.366. The van der Waals surface area contributed by atoms with Crippen LogP contribution in [-0.2, 0) is 0 Å². The van der Waals surface area contributed by atoms with Gasteiger partial charge in [0.15, 0.2) is 6.29 Å². The molecule has 0 saturated heterocycles. The number of aldehydes is 1. The molecule has 0 aliphatic heterocycles. The monoisotopic (exact) mass is 321 g/mol. The summed E-state index contributed by atoms with van der Waals surface area (Å²) in [5.41, 5.74) is 0.162. The van der Waals surface area contributed by atoms with Crippen LogP contribution >= 0.6 is 15.9 Å². The number of hydrogen-bond donors (Lipinski definition) is 0. The van der Waals surface area contributed by atoms with Gasteiger partial charge in [0, 0.05) is 10.5 Å². The number of rotatable bonds is 4. The van der Waals surface area contributed by atoms with E-state index in [4.69, 9.17) is 4.74 Å². The molecule has 0 spiro atoms. The zero-order valence-corrected chi connectivity index (χ0v) is 11.2. The lowest BCUT2D eigenvalue weighted by Gasteiger charge is -2.08. The largest absolute Gasteiger partial charge is 0.449 e. The number of carbonyl (C=O) groups is 1. The first-order valence-corrected chi connectivity index (χ1v) is 6.07. The first kappa shape index (κ1) is 13.2. The van der Waals surface area contributed by atoms with Crippen molar-refractivity contribution in [1.82, 2.24) is 0 Å². The first-order valence-electron chi connectivity index (χ1n) is 5.28. The highest BCUT2D eigenvalue weighted by molar-refractivity contribution is 9.10. The molecule has 0 aliphatic carbocycles. The van der Waals surface area contributed by atoms with Gasteiger partial charge in [0.05, 0.1) is 10.5 Å². The SMILES string of the molecule is O=Cc1ccccc1Oc1ccc(Br)cc1[N+](=O)[O-]. The summed E-state index contributed by atoms with van der Waals surface area (Å²) in [4.78, 5) is 21.3. The fraction of sp³-hybridized carbons (Fsp3) is 0. The zero-order chi connectivity index (χ0) is 13.8. The number of para-hydroxylation sites is 1. The lowest BCUT2D eigenvalue weighted by molar-refractivity contribution is -0.385. The molecule has 0 bridgehead atoms. The van der Waals surface area contributed by atoms with Gasteiger partial charge >= 0.3 is 5.69 Å². The third-order valence-corrected chi connectivity index (χ3v) is 2.88. The molecule has 0 unspecified atom stereocenters. The van der Waals surface area contributed by atoms with E-state index >= 15 is 0 Å². The van der Waals surface area contributed by atoms with E-state index < -0.39 is 4.92 Å². The van der Waals surface area contributed by atoms with Crippen LogP contribution < -0.4 is 4.74 Å². The Bertz CT molecular complexity index is 642. The minimum absolute atomic E-state index is 0.0856. The maximum absolute atomic E-state index is 11.0. The van der Waals surface area contributed by atoms with E-state index in [1.165, 1.54) is 12.1 Å². The van der Waals surface area contributed by atoms with Gasteiger partial charge in [-0.2, -0.15) is 0 Å². The van der Waals surface area contributed by atoms with E-state index in [0.29, 0.717) is 16.3 Å². The number of halogens is 1. The maximum Gasteiger partial charge on any atom is 0.312 e. The van der Waals surface area contributed by atoms with Gasteiger partial charge in [-0.3, -0.25) is 14.9 Å². The second-order valence-electron chi connectivity index (χ2n) is 3.63. The number of nitrogens with zero attached hydrogens (tertiary/aromatic N) is 1. The lowest BCUT2D eigenvalue weighted by atomic mass is 10.2. The number of benzene rings is 2. The predicted octanol–water partition coefficient (Wildman–Crippen LogP) is 3.96. The van der Waals surface area contributed by atoms with Crippen LogP contribution in [0.15, 0.2) is 46.9 Å². The molecule has 0 radical (unpaired) electrons. The molecule has 0 aliphatic rings. The number of nitro groups is 1. The predicted molar refractivity (Wildman–Crippen MR) is 72.7 cm³/mol. The highest BCUT2D eigenvalue weighted by Gasteiger charge is 2.17. The van der Waals surface area contributed by atoms with Crippen molar-refractivity contribution in [3.63, 3.8) is 0 Å². The van der Waals surface area contributed by atoms with E-state index in [1.54, 1.807) is 30.3 Å². The van der Waals surface area contributed by atoms with Crippen LogP contribution in [0, 0.1) is 10.1 Å². The fourth-order valence-electron chi connectivity index (χ4n) is 1.51. The van der Waals surface area contributed by atoms with Crippen molar-refractivity contribution in [2.24, 2.45) is 0 Å². The lowest BCUT2D eigenvalue weighted by Crippen LogP contribution is -1.95. The molecule has 19 heavy (non-hydrogen) atoms. The first-order chi connectivity index (χ1) is 9.11. The number of ether oxygens (including phenoxy) is 1. The molecule has 5 nitrogen and oxygen atoms in total. The van der Waals surface area contributed by atoms with Gasteiger partial charge < -0.3 is 4.74 Å². The second kappa shape index (κ2) is 5.62. The van der Waals surface area contributed by atoms with Crippen molar-refractivity contribution in [2.75, 3.05) is 0 Å². The van der Waals surface area contributed by atoms with E-state index in [1.807, 2.05) is 0 Å². The standard InChI is InChI=1S/C13H8BrNO4/c14-10-5-6-13(11(7-10)15(17)18)19-12-4-2-1-3-9(12)8-16/h1-8H. The molecule has 0 fully saturated rings. The third-order valence-electron chi connectivity index (χ3n) is 2.38. The van der Waals surface area contributed by atoms with Crippen LogP contribution in [0.1, 0.15) is 10.4 Å². The molecular weight excluding hydrogens is 314 g/mol. The molecule has 96 valence electrons. The molecule has 2 aromatic carbocycles. The molecule has 0 heterocycles. The topological polar surface area (TPSA) is 69.4 Å². The Morgan fingerprint density at radius 3 is 2.58 bits per heavy atom. The molecule has 2 aromatic rings. The fourth-order valence-corrected chi connectivity index (χ4v) is 1.86. The Hall–Kier alpha value is -2.21. The van der Waals surface area contributed by atoms with E-state index in [9.17, 15) is 14.9 Å². The Kier molecular flexibility index (Phi) is 3.91. The minimum atomic E-state index is -0.538. The molecule has 6 heteroatoms. The number of nitro benzene ring substituents is 1. The van der Waals surface area contributed by atoms with Gasteiger partial charge in [0.2, 0.25) is 5.75 Å². The van der Waals surface area contributed by atoms with Crippen molar-refractivity contribution < 1.29 is 14.5 Å². The Morgan fingerprint density at radius 2 is 1.89 bits per heavy atom. The zero-order valence-electron chi connectivity index (χ0n) is 9.58. The summed E-state index contributed by atoms with van der Waals surface area (Å²) in [5, 5.41) is 11.0. The smallest absolute Gasteiger partial charge is 0.312 e. The van der Waals surface area contributed by atoms with Crippen LogP contribution in [-0.4, -0.2) is 11.2 Å². The van der Waals surface area contributed by atoms with Crippen LogP contribution in [0.2, 0.25) is 0 Å². The van der Waals surface area contributed by atoms with E-state index in [-0.39, 0.29) is 17.2 Å². The summed E-state index contributed by atoms with van der Waals surface area (Å²) in [6.45, 7) is 0. The molecular formula is C13H8BrNO4. The average molecular weight is 322 g/mol. The summed E-state index contributed by atoms with van der Waals surface area (Å²) < 4.78 is 6.03. The van der Waals surface area contributed by atoms with Gasteiger partial charge in [0.1, 0.15) is 5.75 Å². The minimum Gasteiger partial charge on any atom is -0.449 e. The molecule has 0 aromatic heterocycles. The van der Waals surface area contributed by atoms with Crippen LogP contribution in [0.25, 0.3) is 0 Å². The Labute approximate surface area is 117 Å². The van der Waals surface area contributed by atoms with Crippen LogP contribution in [0.3, 0.4) is 0 Å². The summed E-state index contributed by atoms with van der Waals surface area (Å²) in [6, 6.07) is 11.0. The number of carbonyl (C=O) groups excluding carboxylic acids is 1. The second-order valence-corrected chi connectivity index (χ2v) is 4.54. The molecule has 0 N–H and O–H groups in total. The Morgan fingerprint density at radius 1 is 1.16 bits per heavy atom. The Balaban J connectivity index is 2.43. The van der Waals surface area contributed by atoms with E-state index in [2.05, 4.69) is 15.9 Å². The van der Waals surface area contributed by atoms with Crippen molar-refractivity contribution in [2.45, 2.75) is 0 Å². The van der Waals surface area contributed by atoms with Gasteiger partial charge in [0.25, 0.3) is 0 Å². The summed E-state index contributed by atoms with van der Waals surface area (Å²) >= 11 is 3.16. The third kappa shape index (κ3) is 2.97. The van der Waals surface area contributed by atoms with Crippen molar-refractivity contribution in [3.05, 3.63) is 62.6 Å². The quantitative estimate of drug-likeness (QED) is 0.485. The van der Waals surface area contributed by atoms with Gasteiger partial charge in [-0.05, 0) is 24.3 Å². The molecule has 0 saturated carbocycles. The highest BCUT2D eigenvalue weighted by Crippen LogP contribution is 2.34. The summed E-state index contributed by atoms with van der Waals surface area (Å²) in [6.07, 6.45) is 0.639. The summed E-state index contributed by atoms with van der Waals surface area (Å²) in [7, 11) is 0. The van der Waals surface area contributed by atoms with Crippen LogP contribution in [0.4, 0.5) is 5.69 Å². The number of hydrogen-bond acceptors (Lipinski definition) is 4. The van der Waals surface area contributed by atoms with Gasteiger partial charge in [-0.15, -0.1) is 0 Å². The van der Waals surface area contributed by atoms with Gasteiger partial charge in [-0.1, -0.05) is 28.1 Å². The molecule has 2 rings (SSSR count). The van der Waals surface area contributed by atoms with Crippen molar-refractivity contribution in [1.29, 1.82) is 0 Å². The van der Waals surface area contributed by atoms with E-state index in [0.717, 1.165) is 0 Å². The van der Waals surface area contributed by atoms with Crippen molar-refractivity contribution in [3.8, 4) is 11.5 Å². The van der Waals surface area contributed by atoms with Crippen molar-refractivity contribution >= 4 is 27.9 Å².